The number of benzene rings is 1. The predicted molar refractivity (Wildman–Crippen MR) is 70.7 cm³/mol. The molecule has 1 unspecified atom stereocenters. The number of hydrogen-bond acceptors (Lipinski definition) is 4. The number of alkyl halides is 2. The first-order valence-corrected chi connectivity index (χ1v) is 6.55. The van der Waals surface area contributed by atoms with Crippen molar-refractivity contribution in [2.24, 2.45) is 0 Å². The largest absolute Gasteiger partial charge is 0.434 e. The van der Waals surface area contributed by atoms with Crippen LogP contribution in [0, 0.1) is 0 Å². The van der Waals surface area contributed by atoms with Crippen molar-refractivity contribution >= 4 is 11.8 Å². The number of likely N-dealkylation sites (N-methyl/N-ethyl adjacent to an activating group) is 1. The average molecular weight is 298 g/mol. The Labute approximate surface area is 120 Å². The number of amides is 2. The first-order chi connectivity index (χ1) is 9.99. The molecule has 1 N–H and O–H groups in total. The number of para-hydroxylation sites is 1. The third kappa shape index (κ3) is 3.75. The Morgan fingerprint density at radius 1 is 1.38 bits per heavy atom. The van der Waals surface area contributed by atoms with Gasteiger partial charge in [0.2, 0.25) is 11.8 Å². The van der Waals surface area contributed by atoms with Crippen molar-refractivity contribution in [2.45, 2.75) is 32.0 Å². The summed E-state index contributed by atoms with van der Waals surface area (Å²) in [7, 11) is 1.44. The number of hydrogen-bond donors (Lipinski definition) is 1. The highest BCUT2D eigenvalue weighted by Gasteiger charge is 2.31. The van der Waals surface area contributed by atoms with Gasteiger partial charge in [-0.25, -0.2) is 0 Å². The lowest BCUT2D eigenvalue weighted by molar-refractivity contribution is -0.148. The second-order valence-corrected chi connectivity index (χ2v) is 4.75. The van der Waals surface area contributed by atoms with E-state index in [-0.39, 0.29) is 30.5 Å². The first kappa shape index (κ1) is 15.4. The van der Waals surface area contributed by atoms with Gasteiger partial charge in [-0.3, -0.25) is 14.5 Å². The number of nitrogens with one attached hydrogen (secondary N) is 1. The molecule has 1 aromatic carbocycles. The molecule has 1 atom stereocenters. The van der Waals surface area contributed by atoms with Gasteiger partial charge >= 0.3 is 6.61 Å². The van der Waals surface area contributed by atoms with Crippen molar-refractivity contribution in [1.29, 1.82) is 0 Å². The summed E-state index contributed by atoms with van der Waals surface area (Å²) in [6.07, 6.45) is 0.689. The Bertz CT molecular complexity index is 537. The van der Waals surface area contributed by atoms with Crippen LogP contribution in [0.3, 0.4) is 0 Å². The molecule has 1 aliphatic rings. The zero-order chi connectivity index (χ0) is 15.4. The first-order valence-electron chi connectivity index (χ1n) is 6.55. The summed E-state index contributed by atoms with van der Waals surface area (Å²) in [5.74, 6) is -0.439. The van der Waals surface area contributed by atoms with Crippen LogP contribution in [0.5, 0.6) is 5.75 Å². The highest BCUT2D eigenvalue weighted by atomic mass is 19.3. The number of rotatable bonds is 5. The molecule has 1 aromatic rings. The van der Waals surface area contributed by atoms with E-state index in [2.05, 4.69) is 10.1 Å². The Morgan fingerprint density at radius 3 is 2.81 bits per heavy atom. The van der Waals surface area contributed by atoms with Gasteiger partial charge in [-0.1, -0.05) is 18.2 Å². The van der Waals surface area contributed by atoms with Crippen LogP contribution >= 0.6 is 0 Å². The standard InChI is InChI=1S/C14H16F2N2O3/c1-18-12(19)7-6-10(13(18)20)17-8-9-4-2-3-5-11(9)21-14(15)16/h2-5,10,14,17H,6-8H2,1H3. The van der Waals surface area contributed by atoms with Crippen LogP contribution in [0.2, 0.25) is 0 Å². The number of nitrogens with zero attached hydrogens (tertiary/aromatic N) is 1. The van der Waals surface area contributed by atoms with Crippen LogP contribution in [0.25, 0.3) is 0 Å². The second kappa shape index (κ2) is 6.62. The zero-order valence-electron chi connectivity index (χ0n) is 11.5. The van der Waals surface area contributed by atoms with Crippen molar-refractivity contribution in [3.63, 3.8) is 0 Å². The number of carbonyl (C=O) groups is 2. The zero-order valence-corrected chi connectivity index (χ0v) is 11.5. The molecule has 5 nitrogen and oxygen atoms in total. The van der Waals surface area contributed by atoms with Gasteiger partial charge in [-0.05, 0) is 12.5 Å². The van der Waals surface area contributed by atoms with Crippen LogP contribution in [0.4, 0.5) is 8.78 Å². The average Bonchev–Trinajstić information content (AvgIpc) is 2.45. The molecule has 1 saturated heterocycles. The van der Waals surface area contributed by atoms with Crippen molar-refractivity contribution in [3.8, 4) is 5.75 Å². The van der Waals surface area contributed by atoms with Crippen molar-refractivity contribution < 1.29 is 23.1 Å². The van der Waals surface area contributed by atoms with E-state index in [1.165, 1.54) is 13.1 Å². The monoisotopic (exact) mass is 298 g/mol. The smallest absolute Gasteiger partial charge is 0.387 e. The van der Waals surface area contributed by atoms with Crippen molar-refractivity contribution in [3.05, 3.63) is 29.8 Å². The minimum Gasteiger partial charge on any atom is -0.434 e. The van der Waals surface area contributed by atoms with E-state index in [9.17, 15) is 18.4 Å². The molecule has 2 rings (SSSR count). The molecule has 0 spiro atoms. The maximum atomic E-state index is 12.3. The predicted octanol–water partition coefficient (Wildman–Crippen LogP) is 1.52. The maximum absolute atomic E-state index is 12.3. The second-order valence-electron chi connectivity index (χ2n) is 4.75. The highest BCUT2D eigenvalue weighted by Crippen LogP contribution is 2.21. The van der Waals surface area contributed by atoms with Gasteiger partial charge in [0.1, 0.15) is 5.75 Å². The summed E-state index contributed by atoms with van der Waals surface area (Å²) in [6, 6.07) is 5.90. The fraction of sp³-hybridized carbons (Fsp3) is 0.429. The number of halogens is 2. The summed E-state index contributed by atoms with van der Waals surface area (Å²) in [4.78, 5) is 24.4. The van der Waals surface area contributed by atoms with Crippen LogP contribution in [0.1, 0.15) is 18.4 Å². The molecule has 0 radical (unpaired) electrons. The molecule has 0 saturated carbocycles. The van der Waals surface area contributed by atoms with Gasteiger partial charge in [0.25, 0.3) is 0 Å². The van der Waals surface area contributed by atoms with E-state index in [4.69, 9.17) is 0 Å². The molecular formula is C14H16F2N2O3. The van der Waals surface area contributed by atoms with E-state index in [1.54, 1.807) is 18.2 Å². The molecule has 0 aromatic heterocycles. The summed E-state index contributed by atoms with van der Waals surface area (Å²) >= 11 is 0. The number of likely N-dealkylation sites (tertiary alicyclic amines) is 1. The van der Waals surface area contributed by atoms with Gasteiger partial charge in [0.05, 0.1) is 6.04 Å². The van der Waals surface area contributed by atoms with Crippen molar-refractivity contribution in [2.75, 3.05) is 7.05 Å². The molecule has 21 heavy (non-hydrogen) atoms. The van der Waals surface area contributed by atoms with Gasteiger partial charge < -0.3 is 10.1 Å². The Hall–Kier alpha value is -2.02. The van der Waals surface area contributed by atoms with E-state index in [0.29, 0.717) is 12.0 Å². The van der Waals surface area contributed by atoms with Gasteiger partial charge in [-0.15, -0.1) is 0 Å². The third-order valence-corrected chi connectivity index (χ3v) is 3.38. The topological polar surface area (TPSA) is 58.6 Å². The fourth-order valence-electron chi connectivity index (χ4n) is 2.20. The summed E-state index contributed by atoms with van der Waals surface area (Å²) in [6.45, 7) is -2.69. The molecule has 1 heterocycles. The van der Waals surface area contributed by atoms with Gasteiger partial charge in [-0.2, -0.15) is 8.78 Å². The minimum absolute atomic E-state index is 0.0766. The molecule has 1 fully saturated rings. The van der Waals surface area contributed by atoms with E-state index in [1.807, 2.05) is 0 Å². The van der Waals surface area contributed by atoms with Gasteiger partial charge in [0.15, 0.2) is 0 Å². The summed E-state index contributed by atoms with van der Waals surface area (Å²) in [5.41, 5.74) is 0.533. The normalized spacial score (nSPS) is 19.2. The number of carbonyl (C=O) groups excluding carboxylic acids is 2. The molecular weight excluding hydrogens is 282 g/mol. The lowest BCUT2D eigenvalue weighted by Gasteiger charge is -2.28. The van der Waals surface area contributed by atoms with Crippen LogP contribution < -0.4 is 10.1 Å². The lowest BCUT2D eigenvalue weighted by Crippen LogP contribution is -2.51. The van der Waals surface area contributed by atoms with Crippen LogP contribution in [-0.4, -0.2) is 36.4 Å². The van der Waals surface area contributed by atoms with Crippen LogP contribution in [-0.2, 0) is 16.1 Å². The van der Waals surface area contributed by atoms with E-state index < -0.39 is 12.7 Å². The van der Waals surface area contributed by atoms with E-state index >= 15 is 0 Å². The molecule has 0 bridgehead atoms. The number of imide groups is 1. The minimum atomic E-state index is -2.90. The van der Waals surface area contributed by atoms with Crippen molar-refractivity contribution in [1.82, 2.24) is 10.2 Å². The molecule has 1 aliphatic heterocycles. The Kier molecular flexibility index (Phi) is 4.85. The molecule has 114 valence electrons. The number of ether oxygens (including phenoxy) is 1. The fourth-order valence-corrected chi connectivity index (χ4v) is 2.20. The Morgan fingerprint density at radius 2 is 2.10 bits per heavy atom. The number of piperidine rings is 1. The lowest BCUT2D eigenvalue weighted by atomic mass is 10.0. The Balaban J connectivity index is 2.00. The maximum Gasteiger partial charge on any atom is 0.387 e. The van der Waals surface area contributed by atoms with E-state index in [0.717, 1.165) is 4.90 Å². The summed E-state index contributed by atoms with van der Waals surface area (Å²) in [5, 5.41) is 2.98. The molecule has 7 heteroatoms. The highest BCUT2D eigenvalue weighted by molar-refractivity contribution is 6.00. The summed E-state index contributed by atoms with van der Waals surface area (Å²) < 4.78 is 29.0. The SMILES string of the molecule is CN1C(=O)CCC(NCc2ccccc2OC(F)F)C1=O. The molecule has 2 amide bonds. The quantitative estimate of drug-likeness (QED) is 0.838. The molecule has 0 aliphatic carbocycles. The third-order valence-electron chi connectivity index (χ3n) is 3.38. The van der Waals surface area contributed by atoms with Gasteiger partial charge in [0, 0.05) is 25.6 Å². The van der Waals surface area contributed by atoms with Crippen LogP contribution in [0.15, 0.2) is 24.3 Å².